The lowest BCUT2D eigenvalue weighted by atomic mass is 9.76. The zero-order valence-electron chi connectivity index (χ0n) is 7.43. The second kappa shape index (κ2) is 1.95. The van der Waals surface area contributed by atoms with Gasteiger partial charge in [0.05, 0.1) is 12.2 Å². The Morgan fingerprint density at radius 1 is 0.923 bits per heavy atom. The smallest absolute Gasteiger partial charge is 0.0727 e. The van der Waals surface area contributed by atoms with Crippen LogP contribution in [-0.4, -0.2) is 34.5 Å². The van der Waals surface area contributed by atoms with Crippen molar-refractivity contribution in [3.05, 3.63) is 0 Å². The summed E-state index contributed by atoms with van der Waals surface area (Å²) in [6, 6.07) is 0.596. The number of fused-ring (bicyclic) bond motifs is 3. The molecule has 1 saturated heterocycles. The highest BCUT2D eigenvalue weighted by atomic mass is 16.3. The van der Waals surface area contributed by atoms with E-state index in [0.717, 1.165) is 12.8 Å². The molecule has 3 heteroatoms. The topological polar surface area (TPSA) is 52.5 Å². The predicted molar refractivity (Wildman–Crippen MR) is 45.9 cm³/mol. The van der Waals surface area contributed by atoms with Gasteiger partial charge in [-0.1, -0.05) is 0 Å². The number of aliphatic hydroxyl groups excluding tert-OH is 2. The number of piperidine rings is 1. The van der Waals surface area contributed by atoms with E-state index in [1.165, 1.54) is 0 Å². The highest BCUT2D eigenvalue weighted by Gasteiger charge is 2.67. The van der Waals surface area contributed by atoms with Crippen molar-refractivity contribution in [2.45, 2.75) is 37.1 Å². The van der Waals surface area contributed by atoms with E-state index in [9.17, 15) is 10.2 Å². The lowest BCUT2D eigenvalue weighted by Gasteiger charge is -2.41. The van der Waals surface area contributed by atoms with E-state index in [-0.39, 0.29) is 18.2 Å². The Bertz CT molecular complexity index is 262. The fourth-order valence-corrected chi connectivity index (χ4v) is 4.72. The Hall–Kier alpha value is -0.120. The molecular formula is C10H15NO2. The Morgan fingerprint density at radius 2 is 1.77 bits per heavy atom. The van der Waals surface area contributed by atoms with E-state index in [1.54, 1.807) is 0 Å². The Labute approximate surface area is 77.1 Å². The van der Waals surface area contributed by atoms with Gasteiger partial charge in [0, 0.05) is 12.1 Å². The molecule has 1 heterocycles. The molecule has 72 valence electrons. The lowest BCUT2D eigenvalue weighted by molar-refractivity contribution is -0.0276. The van der Waals surface area contributed by atoms with Gasteiger partial charge in [0.15, 0.2) is 0 Å². The normalized spacial score (nSPS) is 72.5. The van der Waals surface area contributed by atoms with Crippen LogP contribution in [0.15, 0.2) is 0 Å². The molecular weight excluding hydrogens is 166 g/mol. The summed E-state index contributed by atoms with van der Waals surface area (Å²) in [6.07, 6.45) is 2.01. The number of aliphatic hydroxyl groups is 2. The highest BCUT2D eigenvalue weighted by Crippen LogP contribution is 2.61. The second-order valence-corrected chi connectivity index (χ2v) is 5.32. The van der Waals surface area contributed by atoms with Crippen LogP contribution >= 0.6 is 0 Å². The Balaban J connectivity index is 1.85. The van der Waals surface area contributed by atoms with Gasteiger partial charge in [-0.25, -0.2) is 0 Å². The van der Waals surface area contributed by atoms with Crippen LogP contribution in [0.1, 0.15) is 12.8 Å². The molecule has 8 atom stereocenters. The number of hydrogen-bond acceptors (Lipinski definition) is 3. The Kier molecular flexibility index (Phi) is 1.08. The molecule has 0 unspecified atom stereocenters. The van der Waals surface area contributed by atoms with Gasteiger partial charge in [0.25, 0.3) is 0 Å². The van der Waals surface area contributed by atoms with Crippen molar-refractivity contribution in [1.29, 1.82) is 0 Å². The van der Waals surface area contributed by atoms with Gasteiger partial charge in [-0.2, -0.15) is 0 Å². The molecule has 0 aromatic rings. The third-order valence-electron chi connectivity index (χ3n) is 5.09. The first-order valence-electron chi connectivity index (χ1n) is 5.39. The average Bonchev–Trinajstić information content (AvgIpc) is 2.60. The zero-order chi connectivity index (χ0) is 8.74. The number of rotatable bonds is 0. The monoisotopic (exact) mass is 181 g/mol. The number of hydrogen-bond donors (Lipinski definition) is 3. The minimum absolute atomic E-state index is 0.122. The second-order valence-electron chi connectivity index (χ2n) is 5.32. The van der Waals surface area contributed by atoms with E-state index in [2.05, 4.69) is 5.32 Å². The molecule has 4 bridgehead atoms. The zero-order valence-corrected chi connectivity index (χ0v) is 7.43. The summed E-state index contributed by atoms with van der Waals surface area (Å²) < 4.78 is 0. The van der Waals surface area contributed by atoms with Gasteiger partial charge in [0.1, 0.15) is 0 Å². The van der Waals surface area contributed by atoms with Crippen molar-refractivity contribution in [3.8, 4) is 0 Å². The molecule has 3 N–H and O–H groups in total. The minimum atomic E-state index is -0.122. The van der Waals surface area contributed by atoms with E-state index in [4.69, 9.17) is 0 Å². The molecule has 3 nitrogen and oxygen atoms in total. The largest absolute Gasteiger partial charge is 0.391 e. The molecule has 0 amide bonds. The summed E-state index contributed by atoms with van der Waals surface area (Å²) in [5.74, 6) is 2.20. The van der Waals surface area contributed by atoms with Crippen LogP contribution in [-0.2, 0) is 0 Å². The van der Waals surface area contributed by atoms with Gasteiger partial charge in [-0.05, 0) is 36.5 Å². The van der Waals surface area contributed by atoms with Crippen LogP contribution in [0.4, 0.5) is 0 Å². The van der Waals surface area contributed by atoms with E-state index >= 15 is 0 Å². The summed E-state index contributed by atoms with van der Waals surface area (Å²) in [4.78, 5) is 0. The third-order valence-corrected chi connectivity index (χ3v) is 5.09. The SMILES string of the molecule is O[C@@H]1[C@H]2C[C@H]3[C@@H]1N[C@H]1C[C@H]2[C@H]3[C@@H]1O. The summed E-state index contributed by atoms with van der Waals surface area (Å²) in [7, 11) is 0. The fourth-order valence-electron chi connectivity index (χ4n) is 4.72. The molecule has 4 rings (SSSR count). The molecule has 3 aliphatic carbocycles. The first-order chi connectivity index (χ1) is 6.27. The van der Waals surface area contributed by atoms with Crippen molar-refractivity contribution in [3.63, 3.8) is 0 Å². The van der Waals surface area contributed by atoms with Gasteiger partial charge in [0.2, 0.25) is 0 Å². The minimum Gasteiger partial charge on any atom is -0.391 e. The predicted octanol–water partition coefficient (Wildman–Crippen LogP) is -0.666. The van der Waals surface area contributed by atoms with E-state index in [0.29, 0.717) is 29.7 Å². The maximum atomic E-state index is 9.97. The van der Waals surface area contributed by atoms with Crippen molar-refractivity contribution in [1.82, 2.24) is 5.32 Å². The molecule has 0 radical (unpaired) electrons. The van der Waals surface area contributed by atoms with E-state index < -0.39 is 0 Å². The van der Waals surface area contributed by atoms with E-state index in [1.807, 2.05) is 0 Å². The van der Waals surface area contributed by atoms with Crippen molar-refractivity contribution < 1.29 is 10.2 Å². The van der Waals surface area contributed by atoms with Gasteiger partial charge in [-0.15, -0.1) is 0 Å². The molecule has 4 aliphatic rings. The van der Waals surface area contributed by atoms with Gasteiger partial charge < -0.3 is 15.5 Å². The summed E-state index contributed by atoms with van der Waals surface area (Å²) >= 11 is 0. The molecule has 3 saturated carbocycles. The summed E-state index contributed by atoms with van der Waals surface area (Å²) in [5, 5.41) is 23.4. The first-order valence-corrected chi connectivity index (χ1v) is 5.39. The molecule has 0 aromatic heterocycles. The van der Waals surface area contributed by atoms with Crippen LogP contribution in [0.3, 0.4) is 0 Å². The first kappa shape index (κ1) is 7.21. The molecule has 0 spiro atoms. The van der Waals surface area contributed by atoms with Gasteiger partial charge >= 0.3 is 0 Å². The third kappa shape index (κ3) is 0.602. The van der Waals surface area contributed by atoms with Gasteiger partial charge in [-0.3, -0.25) is 0 Å². The maximum absolute atomic E-state index is 9.97. The average molecular weight is 181 g/mol. The van der Waals surface area contributed by atoms with Crippen molar-refractivity contribution >= 4 is 0 Å². The summed E-state index contributed by atoms with van der Waals surface area (Å²) in [6.45, 7) is 0. The van der Waals surface area contributed by atoms with Crippen molar-refractivity contribution in [2.75, 3.05) is 0 Å². The van der Waals surface area contributed by atoms with Crippen LogP contribution in [0, 0.1) is 23.7 Å². The molecule has 13 heavy (non-hydrogen) atoms. The van der Waals surface area contributed by atoms with Crippen LogP contribution < -0.4 is 5.32 Å². The van der Waals surface area contributed by atoms with Crippen molar-refractivity contribution in [2.24, 2.45) is 23.7 Å². The van der Waals surface area contributed by atoms with Crippen LogP contribution in [0.2, 0.25) is 0 Å². The fraction of sp³-hybridized carbons (Fsp3) is 1.00. The molecule has 1 aliphatic heterocycles. The number of nitrogens with one attached hydrogen (secondary N) is 1. The Morgan fingerprint density at radius 3 is 2.62 bits per heavy atom. The highest BCUT2D eigenvalue weighted by molar-refractivity contribution is 5.20. The van der Waals surface area contributed by atoms with Crippen LogP contribution in [0.5, 0.6) is 0 Å². The standard InChI is InChI=1S/C10H15NO2/c12-9-4-1-5-7-3(4)2-6(10(7)13)11-8(5)9/h3-13H,1-2H2/t3-,4+,5-,6+,7-,8+,9-,10-/m1/s1. The van der Waals surface area contributed by atoms with Crippen LogP contribution in [0.25, 0.3) is 0 Å². The molecule has 4 fully saturated rings. The maximum Gasteiger partial charge on any atom is 0.0727 e. The lowest BCUT2D eigenvalue weighted by Crippen LogP contribution is -2.58. The quantitative estimate of drug-likeness (QED) is 0.465. The summed E-state index contributed by atoms with van der Waals surface area (Å²) in [5.41, 5.74) is 0. The molecule has 0 aromatic carbocycles.